The van der Waals surface area contributed by atoms with Gasteiger partial charge in [-0.15, -0.1) is 0 Å². The van der Waals surface area contributed by atoms with E-state index in [0.717, 1.165) is 16.9 Å². The van der Waals surface area contributed by atoms with E-state index in [1.807, 2.05) is 12.1 Å². The van der Waals surface area contributed by atoms with Gasteiger partial charge >= 0.3 is 0 Å². The number of hydrogen-bond donors (Lipinski definition) is 1. The highest BCUT2D eigenvalue weighted by atomic mass is 35.5. The lowest BCUT2D eigenvalue weighted by atomic mass is 9.99. The zero-order chi connectivity index (χ0) is 13.8. The molecule has 0 amide bonds. The Morgan fingerprint density at radius 3 is 2.26 bits per heavy atom. The average Bonchev–Trinajstić information content (AvgIpc) is 3.19. The van der Waals surface area contributed by atoms with Crippen LogP contribution in [0.5, 0.6) is 0 Å². The van der Waals surface area contributed by atoms with Crippen molar-refractivity contribution in [1.82, 2.24) is 5.32 Å². The lowest BCUT2D eigenvalue weighted by Crippen LogP contribution is -2.32. The van der Waals surface area contributed by atoms with Crippen LogP contribution in [0.1, 0.15) is 58.1 Å². The fourth-order valence-electron chi connectivity index (χ4n) is 2.58. The lowest BCUT2D eigenvalue weighted by Gasteiger charge is -2.24. The highest BCUT2D eigenvalue weighted by molar-refractivity contribution is 6.30. The summed E-state index contributed by atoms with van der Waals surface area (Å²) >= 11 is 5.98. The molecule has 2 heteroatoms. The van der Waals surface area contributed by atoms with Gasteiger partial charge in [-0.2, -0.15) is 0 Å². The van der Waals surface area contributed by atoms with Gasteiger partial charge in [-0.3, -0.25) is 0 Å². The third kappa shape index (κ3) is 4.81. The first-order chi connectivity index (χ1) is 9.06. The first-order valence-corrected chi connectivity index (χ1v) is 7.95. The number of halogens is 1. The van der Waals surface area contributed by atoms with Crippen molar-refractivity contribution in [3.63, 3.8) is 0 Å². The minimum Gasteiger partial charge on any atom is -0.307 e. The Bertz CT molecular complexity index is 381. The van der Waals surface area contributed by atoms with E-state index < -0.39 is 0 Å². The van der Waals surface area contributed by atoms with E-state index in [4.69, 9.17) is 11.6 Å². The molecule has 1 aromatic carbocycles. The van der Waals surface area contributed by atoms with Gasteiger partial charge in [0.1, 0.15) is 0 Å². The maximum absolute atomic E-state index is 5.98. The van der Waals surface area contributed by atoms with Crippen molar-refractivity contribution in [2.45, 2.75) is 58.5 Å². The largest absolute Gasteiger partial charge is 0.307 e. The summed E-state index contributed by atoms with van der Waals surface area (Å²) in [7, 11) is 0. The molecular formula is C17H26ClN. The standard InChI is InChI=1S/C17H26ClN/c1-12(2)4-5-13(3)19-17(14-6-7-14)15-8-10-16(18)11-9-15/h8-14,17,19H,4-7H2,1-3H3. The highest BCUT2D eigenvalue weighted by Crippen LogP contribution is 2.41. The summed E-state index contributed by atoms with van der Waals surface area (Å²) < 4.78 is 0. The van der Waals surface area contributed by atoms with Gasteiger partial charge in [0.25, 0.3) is 0 Å². The van der Waals surface area contributed by atoms with Crippen LogP contribution in [0.4, 0.5) is 0 Å². The summed E-state index contributed by atoms with van der Waals surface area (Å²) in [5.41, 5.74) is 1.39. The molecule has 0 aliphatic heterocycles. The van der Waals surface area contributed by atoms with E-state index in [1.165, 1.54) is 31.2 Å². The predicted octanol–water partition coefficient (Wildman–Crippen LogP) is 5.21. The molecule has 1 nitrogen and oxygen atoms in total. The second-order valence-electron chi connectivity index (χ2n) is 6.41. The first kappa shape index (κ1) is 14.9. The molecule has 0 aromatic heterocycles. The van der Waals surface area contributed by atoms with Crippen molar-refractivity contribution >= 4 is 11.6 Å². The Morgan fingerprint density at radius 2 is 1.74 bits per heavy atom. The summed E-state index contributed by atoms with van der Waals surface area (Å²) in [5, 5.41) is 4.65. The molecule has 1 aliphatic carbocycles. The monoisotopic (exact) mass is 279 g/mol. The van der Waals surface area contributed by atoms with Gasteiger partial charge in [0.05, 0.1) is 0 Å². The summed E-state index contributed by atoms with van der Waals surface area (Å²) in [5.74, 6) is 1.61. The van der Waals surface area contributed by atoms with Crippen molar-refractivity contribution in [3.05, 3.63) is 34.9 Å². The minimum absolute atomic E-state index is 0.513. The van der Waals surface area contributed by atoms with Crippen molar-refractivity contribution in [3.8, 4) is 0 Å². The molecule has 1 saturated carbocycles. The summed E-state index contributed by atoms with van der Waals surface area (Å²) in [6, 6.07) is 9.46. The maximum atomic E-state index is 5.98. The van der Waals surface area contributed by atoms with Crippen molar-refractivity contribution in [1.29, 1.82) is 0 Å². The molecule has 1 aliphatic rings. The highest BCUT2D eigenvalue weighted by Gasteiger charge is 2.32. The Balaban J connectivity index is 1.94. The third-order valence-corrected chi connectivity index (χ3v) is 4.22. The van der Waals surface area contributed by atoms with Gasteiger partial charge in [0.2, 0.25) is 0 Å². The maximum Gasteiger partial charge on any atom is 0.0406 e. The molecule has 1 fully saturated rings. The second-order valence-corrected chi connectivity index (χ2v) is 6.84. The Morgan fingerprint density at radius 1 is 1.11 bits per heavy atom. The zero-order valence-electron chi connectivity index (χ0n) is 12.3. The summed E-state index contributed by atoms with van der Waals surface area (Å²) in [6.45, 7) is 6.91. The van der Waals surface area contributed by atoms with Crippen molar-refractivity contribution in [2.75, 3.05) is 0 Å². The first-order valence-electron chi connectivity index (χ1n) is 7.57. The van der Waals surface area contributed by atoms with Crippen molar-refractivity contribution in [2.24, 2.45) is 11.8 Å². The van der Waals surface area contributed by atoms with Gasteiger partial charge in [-0.1, -0.05) is 37.6 Å². The lowest BCUT2D eigenvalue weighted by molar-refractivity contribution is 0.381. The molecule has 0 spiro atoms. The van der Waals surface area contributed by atoms with Gasteiger partial charge in [0.15, 0.2) is 0 Å². The van der Waals surface area contributed by atoms with E-state index in [-0.39, 0.29) is 0 Å². The molecule has 0 bridgehead atoms. The fourth-order valence-corrected chi connectivity index (χ4v) is 2.70. The van der Waals surface area contributed by atoms with Crippen LogP contribution in [0.2, 0.25) is 5.02 Å². The van der Waals surface area contributed by atoms with Crippen LogP contribution in [0.3, 0.4) is 0 Å². The van der Waals surface area contributed by atoms with E-state index in [0.29, 0.717) is 12.1 Å². The SMILES string of the molecule is CC(C)CCC(C)NC(c1ccc(Cl)cc1)C1CC1. The van der Waals surface area contributed by atoms with Crippen LogP contribution in [-0.2, 0) is 0 Å². The molecule has 2 atom stereocenters. The number of nitrogens with one attached hydrogen (secondary N) is 1. The molecule has 0 saturated heterocycles. The van der Waals surface area contributed by atoms with E-state index >= 15 is 0 Å². The van der Waals surface area contributed by atoms with Gasteiger partial charge in [-0.25, -0.2) is 0 Å². The molecule has 0 heterocycles. The number of benzene rings is 1. The number of hydrogen-bond acceptors (Lipinski definition) is 1. The third-order valence-electron chi connectivity index (χ3n) is 3.96. The number of rotatable bonds is 7. The van der Waals surface area contributed by atoms with Gasteiger partial charge < -0.3 is 5.32 Å². The van der Waals surface area contributed by atoms with E-state index in [9.17, 15) is 0 Å². The predicted molar refractivity (Wildman–Crippen MR) is 83.6 cm³/mol. The minimum atomic E-state index is 0.513. The van der Waals surface area contributed by atoms with Crippen LogP contribution in [0, 0.1) is 11.8 Å². The van der Waals surface area contributed by atoms with Crippen LogP contribution < -0.4 is 5.32 Å². The topological polar surface area (TPSA) is 12.0 Å². The Labute approximate surface area is 122 Å². The average molecular weight is 280 g/mol. The van der Waals surface area contributed by atoms with Gasteiger partial charge in [-0.05, 0) is 62.1 Å². The van der Waals surface area contributed by atoms with Gasteiger partial charge in [0, 0.05) is 17.1 Å². The van der Waals surface area contributed by atoms with Crippen LogP contribution >= 0.6 is 11.6 Å². The Hall–Kier alpha value is -0.530. The second kappa shape index (κ2) is 6.76. The normalized spacial score (nSPS) is 18.6. The van der Waals surface area contributed by atoms with Crippen LogP contribution in [0.15, 0.2) is 24.3 Å². The molecule has 2 unspecified atom stereocenters. The Kier molecular flexibility index (Phi) is 5.29. The van der Waals surface area contributed by atoms with Crippen molar-refractivity contribution < 1.29 is 0 Å². The van der Waals surface area contributed by atoms with Crippen LogP contribution in [0.25, 0.3) is 0 Å². The molecule has 106 valence electrons. The molecule has 1 aromatic rings. The zero-order valence-corrected chi connectivity index (χ0v) is 13.1. The fraction of sp³-hybridized carbons (Fsp3) is 0.647. The van der Waals surface area contributed by atoms with E-state index in [1.54, 1.807) is 0 Å². The molecule has 0 radical (unpaired) electrons. The summed E-state index contributed by atoms with van der Waals surface area (Å²) in [4.78, 5) is 0. The quantitative estimate of drug-likeness (QED) is 0.723. The van der Waals surface area contributed by atoms with Crippen LogP contribution in [-0.4, -0.2) is 6.04 Å². The molecule has 19 heavy (non-hydrogen) atoms. The summed E-state index contributed by atoms with van der Waals surface area (Å²) in [6.07, 6.45) is 5.27. The van der Waals surface area contributed by atoms with E-state index in [2.05, 4.69) is 38.2 Å². The molecular weight excluding hydrogens is 254 g/mol. The smallest absolute Gasteiger partial charge is 0.0406 e. The molecule has 2 rings (SSSR count). The molecule has 1 N–H and O–H groups in total.